The largest absolute Gasteiger partial charge is 0.349 e. The molecule has 0 unspecified atom stereocenters. The molecular weight excluding hydrogens is 208 g/mol. The highest BCUT2D eigenvalue weighted by Gasteiger charge is 2.18. The second-order valence-corrected chi connectivity index (χ2v) is 3.32. The van der Waals surface area contributed by atoms with Crippen molar-refractivity contribution in [2.24, 2.45) is 0 Å². The Balaban J connectivity index is 2.56. The van der Waals surface area contributed by atoms with Crippen molar-refractivity contribution >= 4 is 21.8 Å². The van der Waals surface area contributed by atoms with E-state index in [0.29, 0.717) is 0 Å². The molecule has 1 aliphatic rings. The van der Waals surface area contributed by atoms with Crippen LogP contribution < -0.4 is 5.32 Å². The molecule has 1 aromatic rings. The van der Waals surface area contributed by atoms with Crippen molar-refractivity contribution in [1.29, 1.82) is 0 Å². The molecule has 0 atom stereocenters. The Morgan fingerprint density at radius 1 is 1.64 bits per heavy atom. The third-order valence-electron chi connectivity index (χ3n) is 1.77. The predicted octanol–water partition coefficient (Wildman–Crippen LogP) is 0.994. The molecule has 1 aliphatic heterocycles. The molecule has 1 N–H and O–H groups in total. The maximum absolute atomic E-state index is 11.2. The van der Waals surface area contributed by atoms with Gasteiger partial charge < -0.3 is 9.88 Å². The van der Waals surface area contributed by atoms with Crippen LogP contribution in [0.2, 0.25) is 0 Å². The number of halogens is 1. The number of carbonyl (C=O) groups excluding carboxylic acids is 1. The Morgan fingerprint density at radius 3 is 3.18 bits per heavy atom. The van der Waals surface area contributed by atoms with E-state index in [1.165, 1.54) is 0 Å². The van der Waals surface area contributed by atoms with Gasteiger partial charge in [-0.15, -0.1) is 0 Å². The van der Waals surface area contributed by atoms with Crippen molar-refractivity contribution in [3.63, 3.8) is 0 Å². The maximum Gasteiger partial charge on any atom is 0.269 e. The van der Waals surface area contributed by atoms with Crippen molar-refractivity contribution in [2.45, 2.75) is 6.54 Å². The van der Waals surface area contributed by atoms with Gasteiger partial charge in [0, 0.05) is 23.8 Å². The number of aromatic nitrogens is 1. The smallest absolute Gasteiger partial charge is 0.269 e. The Bertz CT molecular complexity index is 305. The molecule has 58 valence electrons. The molecule has 1 amide bonds. The molecule has 0 saturated carbocycles. The second-order valence-electron chi connectivity index (χ2n) is 2.46. The summed E-state index contributed by atoms with van der Waals surface area (Å²) in [4.78, 5) is 11.2. The summed E-state index contributed by atoms with van der Waals surface area (Å²) < 4.78 is 2.82. The highest BCUT2D eigenvalue weighted by Crippen LogP contribution is 2.19. The van der Waals surface area contributed by atoms with Crippen LogP contribution in [0.15, 0.2) is 16.7 Å². The van der Waals surface area contributed by atoms with E-state index in [4.69, 9.17) is 0 Å². The number of nitrogens with zero attached hydrogens (tertiary/aromatic N) is 1. The molecule has 4 heteroatoms. The van der Waals surface area contributed by atoms with Crippen molar-refractivity contribution < 1.29 is 4.79 Å². The number of fused-ring (bicyclic) bond motifs is 1. The fourth-order valence-electron chi connectivity index (χ4n) is 1.24. The van der Waals surface area contributed by atoms with Crippen molar-refractivity contribution in [3.05, 3.63) is 22.4 Å². The number of carbonyl (C=O) groups is 1. The van der Waals surface area contributed by atoms with E-state index < -0.39 is 0 Å². The fraction of sp³-hybridized carbons (Fsp3) is 0.286. The van der Waals surface area contributed by atoms with Crippen LogP contribution in [0.1, 0.15) is 10.5 Å². The van der Waals surface area contributed by atoms with Gasteiger partial charge in [-0.2, -0.15) is 0 Å². The summed E-state index contributed by atoms with van der Waals surface area (Å²) >= 11 is 3.31. The molecule has 0 fully saturated rings. The molecule has 0 bridgehead atoms. The molecule has 0 saturated heterocycles. The third-order valence-corrected chi connectivity index (χ3v) is 2.41. The maximum atomic E-state index is 11.2. The normalized spacial score (nSPS) is 15.9. The number of rotatable bonds is 0. The van der Waals surface area contributed by atoms with Crippen molar-refractivity contribution in [1.82, 2.24) is 9.88 Å². The van der Waals surface area contributed by atoms with Crippen LogP contribution in [0.25, 0.3) is 0 Å². The van der Waals surface area contributed by atoms with Gasteiger partial charge >= 0.3 is 0 Å². The molecule has 0 radical (unpaired) electrons. The fourth-order valence-corrected chi connectivity index (χ4v) is 1.77. The lowest BCUT2D eigenvalue weighted by Gasteiger charge is -2.15. The topological polar surface area (TPSA) is 34.0 Å². The average Bonchev–Trinajstić information content (AvgIpc) is 2.34. The van der Waals surface area contributed by atoms with E-state index in [9.17, 15) is 4.79 Å². The Morgan fingerprint density at radius 2 is 2.45 bits per heavy atom. The van der Waals surface area contributed by atoms with Crippen LogP contribution in [0.3, 0.4) is 0 Å². The Kier molecular flexibility index (Phi) is 1.49. The van der Waals surface area contributed by atoms with Gasteiger partial charge in [0.25, 0.3) is 5.91 Å². The van der Waals surface area contributed by atoms with Crippen LogP contribution in [0, 0.1) is 0 Å². The summed E-state index contributed by atoms with van der Waals surface area (Å²) in [6.45, 7) is 1.60. The highest BCUT2D eigenvalue weighted by atomic mass is 79.9. The molecule has 2 rings (SSSR count). The van der Waals surface area contributed by atoms with Crippen LogP contribution in [0.5, 0.6) is 0 Å². The first-order valence-corrected chi connectivity index (χ1v) is 4.21. The standard InChI is InChI=1S/C7H7BrN2O/c8-5-1-3-10-4-2-9-7(11)6(5)10/h1,3H,2,4H2,(H,9,11). The van der Waals surface area contributed by atoms with Gasteiger partial charge in [0.1, 0.15) is 5.69 Å². The van der Waals surface area contributed by atoms with Gasteiger partial charge in [-0.1, -0.05) is 0 Å². The first-order valence-electron chi connectivity index (χ1n) is 3.42. The lowest BCUT2D eigenvalue weighted by atomic mass is 10.3. The molecule has 0 aliphatic carbocycles. The molecule has 2 heterocycles. The number of amides is 1. The van der Waals surface area contributed by atoms with Gasteiger partial charge in [0.2, 0.25) is 0 Å². The molecular formula is C7H7BrN2O. The van der Waals surface area contributed by atoms with Gasteiger partial charge in [0.15, 0.2) is 0 Å². The molecule has 11 heavy (non-hydrogen) atoms. The van der Waals surface area contributed by atoms with Crippen LogP contribution in [-0.2, 0) is 6.54 Å². The zero-order valence-electron chi connectivity index (χ0n) is 5.80. The average molecular weight is 215 g/mol. The zero-order chi connectivity index (χ0) is 7.84. The van der Waals surface area contributed by atoms with E-state index in [0.717, 1.165) is 23.3 Å². The first-order chi connectivity index (χ1) is 5.29. The van der Waals surface area contributed by atoms with E-state index in [2.05, 4.69) is 21.2 Å². The van der Waals surface area contributed by atoms with Gasteiger partial charge in [-0.05, 0) is 22.0 Å². The minimum absolute atomic E-state index is 0.00752. The monoisotopic (exact) mass is 214 g/mol. The number of hydrogen-bond donors (Lipinski definition) is 1. The molecule has 3 nitrogen and oxygen atoms in total. The SMILES string of the molecule is O=C1NCCn2ccc(Br)c21. The molecule has 0 spiro atoms. The summed E-state index contributed by atoms with van der Waals surface area (Å²) in [5.41, 5.74) is 0.733. The van der Waals surface area contributed by atoms with Crippen LogP contribution >= 0.6 is 15.9 Å². The van der Waals surface area contributed by atoms with E-state index in [1.807, 2.05) is 16.8 Å². The Labute approximate surface area is 72.5 Å². The minimum atomic E-state index is 0.00752. The number of nitrogens with one attached hydrogen (secondary N) is 1. The first kappa shape index (κ1) is 6.91. The van der Waals surface area contributed by atoms with Gasteiger partial charge in [-0.3, -0.25) is 4.79 Å². The molecule has 0 aromatic carbocycles. The summed E-state index contributed by atoms with van der Waals surface area (Å²) in [6.07, 6.45) is 1.91. The van der Waals surface area contributed by atoms with E-state index >= 15 is 0 Å². The lowest BCUT2D eigenvalue weighted by molar-refractivity contribution is 0.0927. The van der Waals surface area contributed by atoms with E-state index in [-0.39, 0.29) is 5.91 Å². The highest BCUT2D eigenvalue weighted by molar-refractivity contribution is 9.10. The van der Waals surface area contributed by atoms with Gasteiger partial charge in [0.05, 0.1) is 0 Å². The van der Waals surface area contributed by atoms with Crippen molar-refractivity contribution in [2.75, 3.05) is 6.54 Å². The molecule has 1 aromatic heterocycles. The zero-order valence-corrected chi connectivity index (χ0v) is 7.39. The number of hydrogen-bond acceptors (Lipinski definition) is 1. The lowest BCUT2D eigenvalue weighted by Crippen LogP contribution is -2.34. The minimum Gasteiger partial charge on any atom is -0.349 e. The summed E-state index contributed by atoms with van der Waals surface area (Å²) in [7, 11) is 0. The van der Waals surface area contributed by atoms with E-state index in [1.54, 1.807) is 0 Å². The summed E-state index contributed by atoms with van der Waals surface area (Å²) in [5.74, 6) is 0.00752. The quantitative estimate of drug-likeness (QED) is 0.688. The summed E-state index contributed by atoms with van der Waals surface area (Å²) in [6, 6.07) is 1.89. The third kappa shape index (κ3) is 0.976. The Hall–Kier alpha value is -0.770. The van der Waals surface area contributed by atoms with Gasteiger partial charge in [-0.25, -0.2) is 0 Å². The van der Waals surface area contributed by atoms with Crippen LogP contribution in [0.4, 0.5) is 0 Å². The van der Waals surface area contributed by atoms with Crippen LogP contribution in [-0.4, -0.2) is 17.0 Å². The van der Waals surface area contributed by atoms with Crippen molar-refractivity contribution in [3.8, 4) is 0 Å². The second kappa shape index (κ2) is 2.37. The predicted molar refractivity (Wildman–Crippen MR) is 44.5 cm³/mol. The summed E-state index contributed by atoms with van der Waals surface area (Å²) in [5, 5.41) is 2.78.